The molecule has 0 fully saturated rings. The van der Waals surface area contributed by atoms with Gasteiger partial charge in [0.1, 0.15) is 5.82 Å². The van der Waals surface area contributed by atoms with Gasteiger partial charge in [-0.05, 0) is 42.6 Å². The average molecular weight is 372 g/mol. The van der Waals surface area contributed by atoms with Gasteiger partial charge in [0.15, 0.2) is 5.78 Å². The third-order valence-electron chi connectivity index (χ3n) is 4.25. The number of fused-ring (bicyclic) bond motifs is 1. The standard InChI is InChI=1S/C18H14ClN3O2S/c1-10-16-13(17(24)14-3-2-8-25-14)9-15(23)20-18(16)22(21-10)12-6-4-11(19)5-7-12/h2-8,13H,9H2,1H3,(H,20,23). The smallest absolute Gasteiger partial charge is 0.226 e. The van der Waals surface area contributed by atoms with Crippen molar-refractivity contribution in [3.05, 3.63) is 62.9 Å². The topological polar surface area (TPSA) is 64.0 Å². The van der Waals surface area contributed by atoms with E-state index in [-0.39, 0.29) is 18.1 Å². The zero-order chi connectivity index (χ0) is 17.6. The van der Waals surface area contributed by atoms with Gasteiger partial charge >= 0.3 is 0 Å². The summed E-state index contributed by atoms with van der Waals surface area (Å²) in [5.74, 6) is -0.170. The highest BCUT2D eigenvalue weighted by atomic mass is 35.5. The van der Waals surface area contributed by atoms with Crippen LogP contribution in [0.4, 0.5) is 5.82 Å². The SMILES string of the molecule is Cc1nn(-c2ccc(Cl)cc2)c2c1C(C(=O)c1cccs1)CC(=O)N2. The van der Waals surface area contributed by atoms with Crippen molar-refractivity contribution in [3.63, 3.8) is 0 Å². The fourth-order valence-electron chi connectivity index (χ4n) is 3.13. The Bertz CT molecular complexity index is 961. The number of hydrogen-bond acceptors (Lipinski definition) is 4. The van der Waals surface area contributed by atoms with Gasteiger partial charge in [-0.1, -0.05) is 17.7 Å². The molecule has 25 heavy (non-hydrogen) atoms. The summed E-state index contributed by atoms with van der Waals surface area (Å²) in [6.07, 6.45) is 0.136. The second-order valence-corrected chi connectivity index (χ2v) is 7.27. The highest BCUT2D eigenvalue weighted by Crippen LogP contribution is 2.38. The molecule has 0 bridgehead atoms. The summed E-state index contributed by atoms with van der Waals surface area (Å²) in [7, 11) is 0. The van der Waals surface area contributed by atoms with E-state index in [0.717, 1.165) is 16.9 Å². The highest BCUT2D eigenvalue weighted by Gasteiger charge is 2.36. The zero-order valence-corrected chi connectivity index (χ0v) is 14.9. The minimum absolute atomic E-state index is 0.0372. The minimum Gasteiger partial charge on any atom is -0.310 e. The predicted molar refractivity (Wildman–Crippen MR) is 97.9 cm³/mol. The number of amides is 1. The molecule has 1 unspecified atom stereocenters. The number of ketones is 1. The summed E-state index contributed by atoms with van der Waals surface area (Å²) in [6.45, 7) is 1.86. The maximum atomic E-state index is 12.9. The molecule has 0 aliphatic carbocycles. The molecule has 7 heteroatoms. The molecule has 0 spiro atoms. The quantitative estimate of drug-likeness (QED) is 0.701. The first kappa shape index (κ1) is 16.1. The third kappa shape index (κ3) is 2.77. The van der Waals surface area contributed by atoms with Crippen molar-refractivity contribution in [1.29, 1.82) is 0 Å². The Morgan fingerprint density at radius 2 is 2.08 bits per heavy atom. The van der Waals surface area contributed by atoms with Gasteiger partial charge in [-0.15, -0.1) is 11.3 Å². The second-order valence-electron chi connectivity index (χ2n) is 5.88. The molecule has 1 aromatic carbocycles. The van der Waals surface area contributed by atoms with Crippen LogP contribution in [0, 0.1) is 6.92 Å². The average Bonchev–Trinajstić information content (AvgIpc) is 3.23. The minimum atomic E-state index is -0.511. The molecule has 0 saturated heterocycles. The van der Waals surface area contributed by atoms with Crippen molar-refractivity contribution in [2.75, 3.05) is 5.32 Å². The van der Waals surface area contributed by atoms with Crippen molar-refractivity contribution in [2.24, 2.45) is 0 Å². The van der Waals surface area contributed by atoms with Crippen molar-refractivity contribution < 1.29 is 9.59 Å². The largest absolute Gasteiger partial charge is 0.310 e. The number of halogens is 1. The Hall–Kier alpha value is -2.44. The van der Waals surface area contributed by atoms with Crippen molar-refractivity contribution >= 4 is 40.4 Å². The molecule has 1 N–H and O–H groups in total. The summed E-state index contributed by atoms with van der Waals surface area (Å²) in [5.41, 5.74) is 2.30. The molecule has 0 saturated carbocycles. The first-order valence-electron chi connectivity index (χ1n) is 7.77. The second kappa shape index (κ2) is 6.13. The number of anilines is 1. The van der Waals surface area contributed by atoms with Crippen molar-refractivity contribution in [2.45, 2.75) is 19.3 Å². The Labute approximate surface area is 153 Å². The number of nitrogens with one attached hydrogen (secondary N) is 1. The zero-order valence-electron chi connectivity index (χ0n) is 13.3. The van der Waals surface area contributed by atoms with E-state index in [9.17, 15) is 9.59 Å². The van der Waals surface area contributed by atoms with Crippen LogP contribution in [0.25, 0.3) is 5.69 Å². The number of thiophene rings is 1. The third-order valence-corrected chi connectivity index (χ3v) is 5.39. The Morgan fingerprint density at radius 1 is 1.32 bits per heavy atom. The van der Waals surface area contributed by atoms with Crippen LogP contribution in [-0.4, -0.2) is 21.5 Å². The van der Waals surface area contributed by atoms with E-state index in [2.05, 4.69) is 10.4 Å². The van der Waals surface area contributed by atoms with Crippen LogP contribution in [-0.2, 0) is 4.79 Å². The van der Waals surface area contributed by atoms with E-state index in [1.54, 1.807) is 22.9 Å². The predicted octanol–water partition coefficient (Wildman–Crippen LogP) is 4.20. The fourth-order valence-corrected chi connectivity index (χ4v) is 3.98. The summed E-state index contributed by atoms with van der Waals surface area (Å²) >= 11 is 7.34. The Kier molecular flexibility index (Phi) is 3.94. The molecule has 5 nitrogen and oxygen atoms in total. The molecule has 1 aliphatic heterocycles. The molecule has 3 aromatic rings. The van der Waals surface area contributed by atoms with Gasteiger partial charge in [0, 0.05) is 17.0 Å². The van der Waals surface area contributed by atoms with E-state index >= 15 is 0 Å². The van der Waals surface area contributed by atoms with Crippen LogP contribution in [0.3, 0.4) is 0 Å². The first-order valence-corrected chi connectivity index (χ1v) is 9.03. The number of nitrogens with zero attached hydrogens (tertiary/aromatic N) is 2. The van der Waals surface area contributed by atoms with Gasteiger partial charge in [0.05, 0.1) is 22.2 Å². The molecule has 126 valence electrons. The number of carbonyl (C=O) groups excluding carboxylic acids is 2. The summed E-state index contributed by atoms with van der Waals surface area (Å²) < 4.78 is 1.66. The molecule has 2 aromatic heterocycles. The van der Waals surface area contributed by atoms with E-state index in [4.69, 9.17) is 11.6 Å². The van der Waals surface area contributed by atoms with E-state index < -0.39 is 5.92 Å². The summed E-state index contributed by atoms with van der Waals surface area (Å²) in [5, 5.41) is 9.91. The molecular formula is C18H14ClN3O2S. The first-order chi connectivity index (χ1) is 12.0. The van der Waals surface area contributed by atoms with Gasteiger partial charge in [-0.2, -0.15) is 5.10 Å². The number of Topliss-reactive ketones (excluding diaryl/α,β-unsaturated/α-hetero) is 1. The lowest BCUT2D eigenvalue weighted by molar-refractivity contribution is -0.116. The Balaban J connectivity index is 1.83. The molecule has 0 radical (unpaired) electrons. The highest BCUT2D eigenvalue weighted by molar-refractivity contribution is 7.12. The maximum absolute atomic E-state index is 12.9. The van der Waals surface area contributed by atoms with Gasteiger partial charge in [0.25, 0.3) is 0 Å². The lowest BCUT2D eigenvalue weighted by Crippen LogP contribution is -2.28. The lowest BCUT2D eigenvalue weighted by atomic mass is 9.87. The molecule has 3 heterocycles. The van der Waals surface area contributed by atoms with Gasteiger partial charge < -0.3 is 5.32 Å². The van der Waals surface area contributed by atoms with E-state index in [0.29, 0.717) is 15.7 Å². The number of carbonyl (C=O) groups is 2. The van der Waals surface area contributed by atoms with Crippen LogP contribution in [0.2, 0.25) is 5.02 Å². The van der Waals surface area contributed by atoms with Crippen LogP contribution in [0.1, 0.15) is 33.3 Å². The lowest BCUT2D eigenvalue weighted by Gasteiger charge is -2.22. The van der Waals surface area contributed by atoms with Crippen molar-refractivity contribution in [3.8, 4) is 5.69 Å². The number of aryl methyl sites for hydroxylation is 1. The van der Waals surface area contributed by atoms with Crippen LogP contribution in [0.5, 0.6) is 0 Å². The Morgan fingerprint density at radius 3 is 2.76 bits per heavy atom. The van der Waals surface area contributed by atoms with Crippen LogP contribution in [0.15, 0.2) is 41.8 Å². The van der Waals surface area contributed by atoms with Crippen LogP contribution < -0.4 is 5.32 Å². The van der Waals surface area contributed by atoms with Gasteiger partial charge in [-0.25, -0.2) is 4.68 Å². The normalized spacial score (nSPS) is 16.4. The molecule has 4 rings (SSSR count). The summed E-state index contributed by atoms with van der Waals surface area (Å²) in [6, 6.07) is 10.8. The molecule has 1 atom stereocenters. The number of benzene rings is 1. The molecule has 1 aliphatic rings. The van der Waals surface area contributed by atoms with Gasteiger partial charge in [0.2, 0.25) is 5.91 Å². The summed E-state index contributed by atoms with van der Waals surface area (Å²) in [4.78, 5) is 25.8. The van der Waals surface area contributed by atoms with Gasteiger partial charge in [-0.3, -0.25) is 9.59 Å². The van der Waals surface area contributed by atoms with Crippen molar-refractivity contribution in [1.82, 2.24) is 9.78 Å². The molecular weight excluding hydrogens is 358 g/mol. The van der Waals surface area contributed by atoms with E-state index in [1.165, 1.54) is 11.3 Å². The monoisotopic (exact) mass is 371 g/mol. The number of hydrogen-bond donors (Lipinski definition) is 1. The number of aromatic nitrogens is 2. The van der Waals surface area contributed by atoms with Crippen LogP contribution >= 0.6 is 22.9 Å². The maximum Gasteiger partial charge on any atom is 0.226 e. The fraction of sp³-hybridized carbons (Fsp3) is 0.167. The molecule has 1 amide bonds. The number of rotatable bonds is 3. The van der Waals surface area contributed by atoms with E-state index in [1.807, 2.05) is 30.5 Å².